The molecule has 26 heavy (non-hydrogen) atoms. The Bertz CT molecular complexity index is 759. The van der Waals surface area contributed by atoms with E-state index in [0.29, 0.717) is 6.42 Å². The number of aromatic nitrogens is 4. The van der Waals surface area contributed by atoms with Gasteiger partial charge < -0.3 is 9.80 Å². The van der Waals surface area contributed by atoms with Gasteiger partial charge in [0, 0.05) is 38.3 Å². The largest absolute Gasteiger partial charge is 0.352 e. The highest BCUT2D eigenvalue weighted by molar-refractivity contribution is 5.76. The molecule has 0 unspecified atom stereocenters. The fraction of sp³-hybridized carbons (Fsp3) is 0.579. The van der Waals surface area contributed by atoms with Crippen LogP contribution in [0.3, 0.4) is 0 Å². The lowest BCUT2D eigenvalue weighted by atomic mass is 10.2. The molecule has 3 heterocycles. The van der Waals surface area contributed by atoms with Gasteiger partial charge in [-0.3, -0.25) is 4.79 Å². The van der Waals surface area contributed by atoms with E-state index in [2.05, 4.69) is 34.0 Å². The molecule has 1 fully saturated rings. The Morgan fingerprint density at radius 1 is 1.04 bits per heavy atom. The smallest absolute Gasteiger partial charge is 0.222 e. The number of carbonyl (C=O) groups excluding carboxylic acids is 1. The fourth-order valence-corrected chi connectivity index (χ4v) is 3.21. The highest BCUT2D eigenvalue weighted by Gasteiger charge is 2.22. The normalized spacial score (nSPS) is 14.8. The zero-order valence-electron chi connectivity index (χ0n) is 16.2. The summed E-state index contributed by atoms with van der Waals surface area (Å²) < 4.78 is 1.84. The van der Waals surface area contributed by atoms with Gasteiger partial charge >= 0.3 is 0 Å². The quantitative estimate of drug-likeness (QED) is 0.823. The molecule has 2 aromatic rings. The van der Waals surface area contributed by atoms with Gasteiger partial charge in [0.25, 0.3) is 0 Å². The van der Waals surface area contributed by atoms with Crippen molar-refractivity contribution in [3.8, 4) is 5.82 Å². The van der Waals surface area contributed by atoms with Crippen molar-refractivity contribution in [2.45, 2.75) is 47.0 Å². The number of piperazine rings is 1. The first-order valence-corrected chi connectivity index (χ1v) is 9.41. The third-order valence-corrected chi connectivity index (χ3v) is 5.21. The van der Waals surface area contributed by atoms with Crippen LogP contribution in [0, 0.1) is 20.8 Å². The lowest BCUT2D eigenvalue weighted by Crippen LogP contribution is -2.49. The van der Waals surface area contributed by atoms with Crippen molar-refractivity contribution >= 4 is 11.7 Å². The van der Waals surface area contributed by atoms with Gasteiger partial charge in [0.1, 0.15) is 0 Å². The maximum absolute atomic E-state index is 12.1. The molecule has 0 spiro atoms. The van der Waals surface area contributed by atoms with Crippen LogP contribution in [-0.2, 0) is 4.79 Å². The number of carbonyl (C=O) groups is 1. The van der Waals surface area contributed by atoms with Gasteiger partial charge in [-0.25, -0.2) is 4.68 Å². The molecule has 1 amide bonds. The summed E-state index contributed by atoms with van der Waals surface area (Å²) in [4.78, 5) is 16.3. The summed E-state index contributed by atoms with van der Waals surface area (Å²) in [5.41, 5.74) is 3.28. The fourth-order valence-electron chi connectivity index (χ4n) is 3.21. The van der Waals surface area contributed by atoms with Crippen molar-refractivity contribution in [2.24, 2.45) is 0 Å². The Kier molecular flexibility index (Phi) is 5.54. The van der Waals surface area contributed by atoms with Crippen LogP contribution in [0.5, 0.6) is 0 Å². The summed E-state index contributed by atoms with van der Waals surface area (Å²) in [5.74, 6) is 1.86. The number of hydrogen-bond donors (Lipinski definition) is 0. The number of anilines is 1. The lowest BCUT2D eigenvalue weighted by molar-refractivity contribution is -0.131. The molecule has 0 atom stereocenters. The van der Waals surface area contributed by atoms with Gasteiger partial charge in [0.05, 0.1) is 5.69 Å². The molecule has 3 rings (SSSR count). The first kappa shape index (κ1) is 18.4. The molecule has 0 N–H and O–H groups in total. The Labute approximate surface area is 155 Å². The SMILES string of the molecule is CCCCC(=O)N1CCN(c2ccc(-n3nc(C)c(C)c3C)nn2)CC1. The van der Waals surface area contributed by atoms with Crippen LogP contribution in [0.1, 0.15) is 43.1 Å². The predicted octanol–water partition coefficient (Wildman–Crippen LogP) is 2.43. The van der Waals surface area contributed by atoms with Crippen molar-refractivity contribution in [1.82, 2.24) is 24.9 Å². The van der Waals surface area contributed by atoms with Gasteiger partial charge in [0.15, 0.2) is 11.6 Å². The van der Waals surface area contributed by atoms with Crippen LogP contribution in [0.25, 0.3) is 5.82 Å². The minimum atomic E-state index is 0.271. The number of amides is 1. The molecule has 7 nitrogen and oxygen atoms in total. The van der Waals surface area contributed by atoms with Gasteiger partial charge in [-0.2, -0.15) is 5.10 Å². The molecule has 0 saturated carbocycles. The first-order chi connectivity index (χ1) is 12.5. The van der Waals surface area contributed by atoms with Gasteiger partial charge in [-0.15, -0.1) is 10.2 Å². The van der Waals surface area contributed by atoms with E-state index in [4.69, 9.17) is 0 Å². The van der Waals surface area contributed by atoms with Crippen molar-refractivity contribution in [3.63, 3.8) is 0 Å². The third kappa shape index (κ3) is 3.71. The molecule has 7 heteroatoms. The first-order valence-electron chi connectivity index (χ1n) is 9.41. The number of nitrogens with zero attached hydrogens (tertiary/aromatic N) is 6. The van der Waals surface area contributed by atoms with Crippen molar-refractivity contribution in [3.05, 3.63) is 29.1 Å². The zero-order valence-corrected chi connectivity index (χ0v) is 16.2. The van der Waals surface area contributed by atoms with Crippen LogP contribution in [0.4, 0.5) is 5.82 Å². The summed E-state index contributed by atoms with van der Waals surface area (Å²) in [6.45, 7) is 11.3. The molecule has 0 radical (unpaired) electrons. The second-order valence-electron chi connectivity index (χ2n) is 6.93. The van der Waals surface area contributed by atoms with E-state index in [-0.39, 0.29) is 5.91 Å². The van der Waals surface area contributed by atoms with Gasteiger partial charge in [-0.05, 0) is 44.9 Å². The molecule has 0 bridgehead atoms. The molecule has 0 aliphatic carbocycles. The average molecular weight is 356 g/mol. The molecule has 1 aliphatic heterocycles. The van der Waals surface area contributed by atoms with E-state index in [1.165, 1.54) is 5.56 Å². The molecule has 1 aliphatic rings. The minimum Gasteiger partial charge on any atom is -0.352 e. The van der Waals surface area contributed by atoms with E-state index < -0.39 is 0 Å². The molecule has 1 saturated heterocycles. The Hall–Kier alpha value is -2.44. The summed E-state index contributed by atoms with van der Waals surface area (Å²) in [5, 5.41) is 13.3. The second-order valence-corrected chi connectivity index (χ2v) is 6.93. The Morgan fingerprint density at radius 3 is 2.23 bits per heavy atom. The van der Waals surface area contributed by atoms with E-state index in [1.54, 1.807) is 0 Å². The van der Waals surface area contributed by atoms with Gasteiger partial charge in [-0.1, -0.05) is 13.3 Å². The van der Waals surface area contributed by atoms with Crippen LogP contribution in [0.15, 0.2) is 12.1 Å². The highest BCUT2D eigenvalue weighted by Crippen LogP contribution is 2.18. The zero-order chi connectivity index (χ0) is 18.7. The molecular weight excluding hydrogens is 328 g/mol. The topological polar surface area (TPSA) is 67.2 Å². The van der Waals surface area contributed by atoms with Crippen molar-refractivity contribution in [1.29, 1.82) is 0 Å². The second kappa shape index (κ2) is 7.85. The predicted molar refractivity (Wildman–Crippen MR) is 102 cm³/mol. The van der Waals surface area contributed by atoms with Crippen LogP contribution in [0.2, 0.25) is 0 Å². The minimum absolute atomic E-state index is 0.271. The van der Waals surface area contributed by atoms with E-state index in [1.807, 2.05) is 35.6 Å². The van der Waals surface area contributed by atoms with E-state index in [0.717, 1.165) is 62.0 Å². The van der Waals surface area contributed by atoms with Crippen LogP contribution >= 0.6 is 0 Å². The maximum Gasteiger partial charge on any atom is 0.222 e. The standard InChI is InChI=1S/C19H28N6O/c1-5-6-7-19(26)24-12-10-23(11-13-24)17-8-9-18(21-20-17)25-16(4)14(2)15(3)22-25/h8-9H,5-7,10-13H2,1-4H3. The lowest BCUT2D eigenvalue weighted by Gasteiger charge is -2.35. The summed E-state index contributed by atoms with van der Waals surface area (Å²) in [6.07, 6.45) is 2.69. The number of rotatable bonds is 5. The van der Waals surface area contributed by atoms with E-state index in [9.17, 15) is 4.79 Å². The summed E-state index contributed by atoms with van der Waals surface area (Å²) in [6, 6.07) is 3.95. The summed E-state index contributed by atoms with van der Waals surface area (Å²) in [7, 11) is 0. The number of aryl methyl sites for hydroxylation is 1. The average Bonchev–Trinajstić information content (AvgIpc) is 2.94. The Morgan fingerprint density at radius 2 is 1.69 bits per heavy atom. The number of unbranched alkanes of at least 4 members (excludes halogenated alkanes) is 1. The number of hydrogen-bond acceptors (Lipinski definition) is 5. The van der Waals surface area contributed by atoms with Crippen molar-refractivity contribution in [2.75, 3.05) is 31.1 Å². The molecule has 0 aromatic carbocycles. The summed E-state index contributed by atoms with van der Waals surface area (Å²) >= 11 is 0. The maximum atomic E-state index is 12.1. The van der Waals surface area contributed by atoms with E-state index >= 15 is 0 Å². The Balaban J connectivity index is 1.63. The molecule has 140 valence electrons. The highest BCUT2D eigenvalue weighted by atomic mass is 16.2. The molecule has 2 aromatic heterocycles. The monoisotopic (exact) mass is 356 g/mol. The van der Waals surface area contributed by atoms with Crippen molar-refractivity contribution < 1.29 is 4.79 Å². The third-order valence-electron chi connectivity index (χ3n) is 5.21. The van der Waals surface area contributed by atoms with Crippen LogP contribution in [-0.4, -0.2) is 57.0 Å². The van der Waals surface area contributed by atoms with Gasteiger partial charge in [0.2, 0.25) is 5.91 Å². The van der Waals surface area contributed by atoms with Crippen LogP contribution < -0.4 is 4.90 Å². The molecular formula is C19H28N6O.